The van der Waals surface area contributed by atoms with Crippen LogP contribution in [0, 0.1) is 11.3 Å². The summed E-state index contributed by atoms with van der Waals surface area (Å²) >= 11 is 5.88. The molecule has 1 heterocycles. The Morgan fingerprint density at radius 1 is 1.42 bits per heavy atom. The Morgan fingerprint density at radius 2 is 2.16 bits per heavy atom. The number of sulfonamides is 1. The molecule has 0 aliphatic carbocycles. The number of halogens is 1. The average molecular weight is 297 g/mol. The maximum atomic E-state index is 12.4. The minimum absolute atomic E-state index is 0.129. The zero-order chi connectivity index (χ0) is 14.0. The molecule has 0 aromatic heterocycles. The van der Waals surface area contributed by atoms with Crippen LogP contribution in [0.1, 0.15) is 18.9 Å². The van der Waals surface area contributed by atoms with Crippen LogP contribution in [0.4, 0.5) is 0 Å². The second-order valence-electron chi connectivity index (χ2n) is 4.42. The molecule has 6 heteroatoms. The van der Waals surface area contributed by atoms with Crippen molar-refractivity contribution in [2.45, 2.75) is 18.2 Å². The first-order valence-corrected chi connectivity index (χ1v) is 7.62. The molecule has 1 aliphatic heterocycles. The van der Waals surface area contributed by atoms with E-state index >= 15 is 0 Å². The highest BCUT2D eigenvalue weighted by molar-refractivity contribution is 7.89. The molecule has 1 aliphatic rings. The molecule has 4 nitrogen and oxygen atoms in total. The summed E-state index contributed by atoms with van der Waals surface area (Å²) in [6.45, 7) is 2.84. The first-order valence-electron chi connectivity index (χ1n) is 5.80. The number of rotatable bonds is 2. The van der Waals surface area contributed by atoms with Crippen LogP contribution in [0.5, 0.6) is 0 Å². The highest BCUT2D eigenvalue weighted by atomic mass is 35.5. The van der Waals surface area contributed by atoms with Gasteiger partial charge in [-0.05, 0) is 31.5 Å². The highest BCUT2D eigenvalue weighted by Gasteiger charge is 2.25. The van der Waals surface area contributed by atoms with Crippen LogP contribution < -0.4 is 0 Å². The first-order chi connectivity index (χ1) is 8.95. The normalized spacial score (nSPS) is 16.8. The SMILES string of the molecule is CC1=CCN(S(=O)(=O)c2ccc(C#N)c(Cl)c2)CC1. The fourth-order valence-electron chi connectivity index (χ4n) is 1.87. The average Bonchev–Trinajstić information content (AvgIpc) is 2.39. The summed E-state index contributed by atoms with van der Waals surface area (Å²) in [5.41, 5.74) is 1.47. The molecule has 100 valence electrons. The summed E-state index contributed by atoms with van der Waals surface area (Å²) in [5.74, 6) is 0. The lowest BCUT2D eigenvalue weighted by Crippen LogP contribution is -2.34. The third kappa shape index (κ3) is 2.81. The van der Waals surface area contributed by atoms with Crippen LogP contribution in [0.3, 0.4) is 0 Å². The van der Waals surface area contributed by atoms with Crippen molar-refractivity contribution < 1.29 is 8.42 Å². The van der Waals surface area contributed by atoms with Crippen LogP contribution in [-0.4, -0.2) is 25.8 Å². The van der Waals surface area contributed by atoms with Crippen molar-refractivity contribution in [2.75, 3.05) is 13.1 Å². The van der Waals surface area contributed by atoms with Gasteiger partial charge in [0, 0.05) is 13.1 Å². The minimum Gasteiger partial charge on any atom is -0.207 e. The number of nitriles is 1. The molecule has 0 saturated heterocycles. The summed E-state index contributed by atoms with van der Waals surface area (Å²) in [6, 6.07) is 6.10. The molecular weight excluding hydrogens is 284 g/mol. The summed E-state index contributed by atoms with van der Waals surface area (Å²) in [7, 11) is -3.54. The van der Waals surface area contributed by atoms with Crippen LogP contribution in [0.2, 0.25) is 5.02 Å². The van der Waals surface area contributed by atoms with E-state index in [9.17, 15) is 8.42 Å². The lowest BCUT2D eigenvalue weighted by Gasteiger charge is -2.24. The van der Waals surface area contributed by atoms with Crippen molar-refractivity contribution >= 4 is 21.6 Å². The smallest absolute Gasteiger partial charge is 0.207 e. The lowest BCUT2D eigenvalue weighted by molar-refractivity contribution is 0.431. The van der Waals surface area contributed by atoms with Crippen molar-refractivity contribution in [1.29, 1.82) is 5.26 Å². The van der Waals surface area contributed by atoms with E-state index in [0.29, 0.717) is 13.1 Å². The first kappa shape index (κ1) is 14.1. The molecule has 0 spiro atoms. The van der Waals surface area contributed by atoms with Gasteiger partial charge in [0.15, 0.2) is 0 Å². The fraction of sp³-hybridized carbons (Fsp3) is 0.308. The molecule has 0 fully saturated rings. The third-order valence-electron chi connectivity index (χ3n) is 3.10. The van der Waals surface area contributed by atoms with Gasteiger partial charge in [0.25, 0.3) is 0 Å². The van der Waals surface area contributed by atoms with Gasteiger partial charge >= 0.3 is 0 Å². The zero-order valence-corrected chi connectivity index (χ0v) is 12.0. The zero-order valence-electron chi connectivity index (χ0n) is 10.4. The van der Waals surface area contributed by atoms with E-state index < -0.39 is 10.0 Å². The molecule has 0 unspecified atom stereocenters. The summed E-state index contributed by atoms with van der Waals surface area (Å²) in [5, 5.41) is 8.95. The molecule has 1 aromatic carbocycles. The summed E-state index contributed by atoms with van der Waals surface area (Å²) < 4.78 is 26.2. The number of hydrogen-bond donors (Lipinski definition) is 0. The Kier molecular flexibility index (Phi) is 3.95. The fourth-order valence-corrected chi connectivity index (χ4v) is 3.56. The van der Waals surface area contributed by atoms with Gasteiger partial charge in [0.2, 0.25) is 10.0 Å². The minimum atomic E-state index is -3.54. The van der Waals surface area contributed by atoms with Crippen LogP contribution in [-0.2, 0) is 10.0 Å². The van der Waals surface area contributed by atoms with Crippen molar-refractivity contribution in [2.24, 2.45) is 0 Å². The van der Waals surface area contributed by atoms with Crippen LogP contribution >= 0.6 is 11.6 Å². The largest absolute Gasteiger partial charge is 0.243 e. The molecular formula is C13H13ClN2O2S. The van der Waals surface area contributed by atoms with Gasteiger partial charge in [-0.2, -0.15) is 9.57 Å². The molecule has 19 heavy (non-hydrogen) atoms. The molecule has 0 bridgehead atoms. The number of hydrogen-bond acceptors (Lipinski definition) is 3. The van der Waals surface area contributed by atoms with Crippen molar-refractivity contribution in [3.63, 3.8) is 0 Å². The molecule has 0 saturated carbocycles. The molecule has 0 atom stereocenters. The Balaban J connectivity index is 2.35. The van der Waals surface area contributed by atoms with Gasteiger partial charge in [-0.25, -0.2) is 8.42 Å². The highest BCUT2D eigenvalue weighted by Crippen LogP contribution is 2.24. The van der Waals surface area contributed by atoms with E-state index in [1.165, 1.54) is 28.1 Å². The van der Waals surface area contributed by atoms with E-state index in [0.717, 1.165) is 6.42 Å². The van der Waals surface area contributed by atoms with Gasteiger partial charge in [-0.1, -0.05) is 23.3 Å². The van der Waals surface area contributed by atoms with Crippen LogP contribution in [0.15, 0.2) is 34.7 Å². The second kappa shape index (κ2) is 5.33. The van der Waals surface area contributed by atoms with Gasteiger partial charge < -0.3 is 0 Å². The monoisotopic (exact) mass is 296 g/mol. The standard InChI is InChI=1S/C13H13ClN2O2S/c1-10-4-6-16(7-5-10)19(17,18)12-3-2-11(9-15)13(14)8-12/h2-4,8H,5-7H2,1H3. The number of benzene rings is 1. The van der Waals surface area contributed by atoms with Gasteiger partial charge in [-0.15, -0.1) is 0 Å². The molecule has 0 N–H and O–H groups in total. The van der Waals surface area contributed by atoms with E-state index in [-0.39, 0.29) is 15.5 Å². The van der Waals surface area contributed by atoms with E-state index in [4.69, 9.17) is 16.9 Å². The van der Waals surface area contributed by atoms with Crippen molar-refractivity contribution in [3.05, 3.63) is 40.4 Å². The third-order valence-corrected chi connectivity index (χ3v) is 5.27. The van der Waals surface area contributed by atoms with Crippen molar-refractivity contribution in [1.82, 2.24) is 4.31 Å². The summed E-state index contributed by atoms with van der Waals surface area (Å²) in [4.78, 5) is 0.129. The van der Waals surface area contributed by atoms with Gasteiger partial charge in [0.1, 0.15) is 6.07 Å². The van der Waals surface area contributed by atoms with E-state index in [2.05, 4.69) is 0 Å². The van der Waals surface area contributed by atoms with Gasteiger partial charge in [-0.3, -0.25) is 0 Å². The van der Waals surface area contributed by atoms with Gasteiger partial charge in [0.05, 0.1) is 15.5 Å². The predicted molar refractivity (Wildman–Crippen MR) is 73.3 cm³/mol. The maximum Gasteiger partial charge on any atom is 0.243 e. The molecule has 1 aromatic rings. The van der Waals surface area contributed by atoms with E-state index in [1.54, 1.807) is 0 Å². The summed E-state index contributed by atoms with van der Waals surface area (Å²) in [6.07, 6.45) is 2.65. The Morgan fingerprint density at radius 3 is 2.68 bits per heavy atom. The lowest BCUT2D eigenvalue weighted by atomic mass is 10.1. The van der Waals surface area contributed by atoms with Crippen molar-refractivity contribution in [3.8, 4) is 6.07 Å². The molecule has 0 radical (unpaired) electrons. The maximum absolute atomic E-state index is 12.4. The molecule has 2 rings (SSSR count). The number of nitrogens with zero attached hydrogens (tertiary/aromatic N) is 2. The Labute approximate surface area is 118 Å². The van der Waals surface area contributed by atoms with E-state index in [1.807, 2.05) is 19.1 Å². The molecule has 0 amide bonds. The second-order valence-corrected chi connectivity index (χ2v) is 6.76. The van der Waals surface area contributed by atoms with Crippen LogP contribution in [0.25, 0.3) is 0 Å². The predicted octanol–water partition coefficient (Wildman–Crippen LogP) is 2.55. The Hall–Kier alpha value is -1.35. The quantitative estimate of drug-likeness (QED) is 0.788. The Bertz CT molecular complexity index is 674. The topological polar surface area (TPSA) is 61.2 Å².